The Morgan fingerprint density at radius 3 is 1.11 bits per heavy atom. The third-order valence-electron chi connectivity index (χ3n) is 1.08. The van der Waals surface area contributed by atoms with Gasteiger partial charge in [0.1, 0.15) is 0 Å². The molecule has 0 radical (unpaired) electrons. The van der Waals surface area contributed by atoms with Crippen molar-refractivity contribution in [3.63, 3.8) is 0 Å². The second-order valence-electron chi connectivity index (χ2n) is 2.30. The summed E-state index contributed by atoms with van der Waals surface area (Å²) in [6, 6.07) is 0. The molecule has 0 saturated carbocycles. The normalized spacial score (nSPS) is 13.3. The van der Waals surface area contributed by atoms with E-state index in [-0.39, 0.29) is 0 Å². The molecule has 0 aromatic heterocycles. The van der Waals surface area contributed by atoms with E-state index in [1.807, 2.05) is 34.4 Å². The number of halogens is 2. The Morgan fingerprint density at radius 2 is 1.11 bits per heavy atom. The minimum absolute atomic E-state index is 1.91. The van der Waals surface area contributed by atoms with Crippen LogP contribution in [0.25, 0.3) is 0 Å². The number of hydrogen-bond acceptors (Lipinski definition) is 2. The molecule has 0 amide bonds. The molecule has 0 aliphatic rings. The van der Waals surface area contributed by atoms with Crippen molar-refractivity contribution in [2.75, 3.05) is 28.2 Å². The van der Waals surface area contributed by atoms with Crippen molar-refractivity contribution in [1.82, 2.24) is 6.24 Å². The predicted octanol–water partition coefficient (Wildman–Crippen LogP) is 1.02. The Balaban J connectivity index is 4.01. The molecule has 0 fully saturated rings. The predicted molar refractivity (Wildman–Crippen MR) is 44.8 cm³/mol. The van der Waals surface area contributed by atoms with Crippen LogP contribution in [0.5, 0.6) is 0 Å². The zero-order chi connectivity index (χ0) is 7.65. The van der Waals surface area contributed by atoms with Crippen molar-refractivity contribution in [2.45, 2.75) is 0 Å². The maximum atomic E-state index is 6.03. The van der Waals surface area contributed by atoms with E-state index in [9.17, 15) is 0 Å². The van der Waals surface area contributed by atoms with Crippen LogP contribution in [0.15, 0.2) is 0 Å². The third kappa shape index (κ3) is 2.80. The molecule has 0 spiro atoms. The molecule has 0 aliphatic carbocycles. The topological polar surface area (TPSA) is 6.48 Å². The fourth-order valence-electron chi connectivity index (χ4n) is 0.400. The van der Waals surface area contributed by atoms with Gasteiger partial charge in [0.15, 0.2) is 0 Å². The summed E-state index contributed by atoms with van der Waals surface area (Å²) in [5.74, 6) is 0. The first-order valence-corrected chi connectivity index (χ1v) is 12.4. The van der Waals surface area contributed by atoms with Crippen molar-refractivity contribution >= 4 is 34.5 Å². The Bertz CT molecular complexity index is 84.6. The van der Waals surface area contributed by atoms with Crippen LogP contribution in [-0.4, -0.2) is 51.1 Å². The Morgan fingerprint density at radius 1 is 0.889 bits per heavy atom. The van der Waals surface area contributed by atoms with E-state index in [4.69, 9.17) is 17.8 Å². The summed E-state index contributed by atoms with van der Waals surface area (Å²) < 4.78 is 3.86. The second-order valence-corrected chi connectivity index (χ2v) is 18.7. The van der Waals surface area contributed by atoms with Gasteiger partial charge in [-0.1, -0.05) is 0 Å². The molecular weight excluding hydrogens is 266 g/mol. The molecule has 0 aromatic carbocycles. The van der Waals surface area contributed by atoms with Gasteiger partial charge in [0, 0.05) is 0 Å². The van der Waals surface area contributed by atoms with Crippen LogP contribution in [0, 0.1) is 0 Å². The maximum absolute atomic E-state index is 6.03. The minimum atomic E-state index is -2.94. The summed E-state index contributed by atoms with van der Waals surface area (Å²) in [6.45, 7) is 0. The van der Waals surface area contributed by atoms with Crippen molar-refractivity contribution in [1.29, 1.82) is 0 Å². The molecule has 9 heavy (non-hydrogen) atoms. The van der Waals surface area contributed by atoms with E-state index >= 15 is 0 Å². The van der Waals surface area contributed by atoms with Gasteiger partial charge in [0.05, 0.1) is 0 Å². The first-order chi connectivity index (χ1) is 3.89. The zero-order valence-corrected chi connectivity index (χ0v) is 10.5. The monoisotopic (exact) mass is 278 g/mol. The average Bonchev–Trinajstić information content (AvgIpc) is 1.65. The van der Waals surface area contributed by atoms with E-state index in [1.54, 1.807) is 0 Å². The van der Waals surface area contributed by atoms with E-state index in [1.165, 1.54) is 0 Å². The zero-order valence-electron chi connectivity index (χ0n) is 6.15. The van der Waals surface area contributed by atoms with Crippen LogP contribution < -0.4 is 0 Å². The summed E-state index contributed by atoms with van der Waals surface area (Å²) in [5.41, 5.74) is 0. The van der Waals surface area contributed by atoms with Gasteiger partial charge >= 0.3 is 68.9 Å². The number of rotatable bonds is 2. The molecule has 5 heteroatoms. The first-order valence-electron chi connectivity index (χ1n) is 2.61. The van der Waals surface area contributed by atoms with Crippen LogP contribution in [0.1, 0.15) is 0 Å². The summed E-state index contributed by atoms with van der Waals surface area (Å²) in [5, 5.41) is 0. The number of nitrogens with zero attached hydrogens (tertiary/aromatic N) is 2. The molecule has 0 unspecified atom stereocenters. The third-order valence-corrected chi connectivity index (χ3v) is 16.3. The Kier molecular flexibility index (Phi) is 4.14. The summed E-state index contributed by atoms with van der Waals surface area (Å²) in [6.07, 6.45) is 0. The van der Waals surface area contributed by atoms with Crippen LogP contribution >= 0.6 is 17.8 Å². The van der Waals surface area contributed by atoms with Gasteiger partial charge in [0.2, 0.25) is 0 Å². The fraction of sp³-hybridized carbons (Fsp3) is 1.00. The summed E-state index contributed by atoms with van der Waals surface area (Å²) in [7, 11) is 19.7. The number of hydrogen-bond donors (Lipinski definition) is 0. The van der Waals surface area contributed by atoms with Crippen molar-refractivity contribution in [3.05, 3.63) is 0 Å². The van der Waals surface area contributed by atoms with Crippen LogP contribution in [0.3, 0.4) is 0 Å². The SMILES string of the molecule is C[N](C)[Sn]([Cl])([Cl])[N](C)C. The van der Waals surface area contributed by atoms with Crippen molar-refractivity contribution in [2.24, 2.45) is 0 Å². The Hall–Kier alpha value is 1.30. The van der Waals surface area contributed by atoms with E-state index in [0.29, 0.717) is 0 Å². The van der Waals surface area contributed by atoms with E-state index in [0.717, 1.165) is 0 Å². The summed E-state index contributed by atoms with van der Waals surface area (Å²) in [4.78, 5) is 0. The molecular formula is C4H12Cl2N2Sn. The fourth-order valence-corrected chi connectivity index (χ4v) is 2.68. The van der Waals surface area contributed by atoms with Crippen LogP contribution in [-0.2, 0) is 0 Å². The molecule has 0 saturated heterocycles. The molecule has 0 heterocycles. The molecule has 0 aliphatic heterocycles. The molecule has 0 bridgehead atoms. The van der Waals surface area contributed by atoms with Crippen LogP contribution in [0.4, 0.5) is 0 Å². The van der Waals surface area contributed by atoms with E-state index < -0.39 is 16.7 Å². The first kappa shape index (κ1) is 10.3. The quantitative estimate of drug-likeness (QED) is 0.696. The van der Waals surface area contributed by atoms with Crippen molar-refractivity contribution in [3.8, 4) is 0 Å². The molecule has 2 nitrogen and oxygen atoms in total. The van der Waals surface area contributed by atoms with Gasteiger partial charge in [-0.05, 0) is 0 Å². The molecule has 0 aromatic rings. The average molecular weight is 278 g/mol. The molecule has 0 N–H and O–H groups in total. The van der Waals surface area contributed by atoms with E-state index in [2.05, 4.69) is 0 Å². The standard InChI is InChI=1S/2C2H6N.2ClH.Sn/c2*1-3-2;;;/h2*1-2H3;2*1H;/q2*-1;;;+4/p-2. The van der Waals surface area contributed by atoms with Gasteiger partial charge in [-0.15, -0.1) is 0 Å². The molecule has 0 atom stereocenters. The van der Waals surface area contributed by atoms with Gasteiger partial charge in [-0.25, -0.2) is 0 Å². The summed E-state index contributed by atoms with van der Waals surface area (Å²) >= 11 is -2.94. The second kappa shape index (κ2) is 3.62. The van der Waals surface area contributed by atoms with Gasteiger partial charge in [-0.3, -0.25) is 0 Å². The van der Waals surface area contributed by atoms with Crippen LogP contribution in [0.2, 0.25) is 0 Å². The molecule has 56 valence electrons. The Labute approximate surface area is 68.7 Å². The van der Waals surface area contributed by atoms with Gasteiger partial charge in [0.25, 0.3) is 0 Å². The van der Waals surface area contributed by atoms with Crippen molar-refractivity contribution < 1.29 is 0 Å². The van der Waals surface area contributed by atoms with Gasteiger partial charge < -0.3 is 0 Å². The molecule has 0 rings (SSSR count). The van der Waals surface area contributed by atoms with Gasteiger partial charge in [-0.2, -0.15) is 0 Å².